The summed E-state index contributed by atoms with van der Waals surface area (Å²) in [5, 5.41) is 3.65. The minimum atomic E-state index is 0.750. The third kappa shape index (κ3) is 5.09. The molecule has 1 heterocycles. The Morgan fingerprint density at radius 3 is 2.28 bits per heavy atom. The highest BCUT2D eigenvalue weighted by atomic mass is 16.5. The van der Waals surface area contributed by atoms with E-state index in [-0.39, 0.29) is 0 Å². The SMILES string of the molecule is CCCCn1c(-c2cccc(OC)c2)nc(-c2ccccc2)c1CNCc1ccccc1. The van der Waals surface area contributed by atoms with Crippen molar-refractivity contribution in [2.45, 2.75) is 39.4 Å². The van der Waals surface area contributed by atoms with E-state index in [4.69, 9.17) is 9.72 Å². The van der Waals surface area contributed by atoms with Gasteiger partial charge < -0.3 is 14.6 Å². The Morgan fingerprint density at radius 1 is 0.844 bits per heavy atom. The Bertz CT molecular complexity index is 1120. The average Bonchev–Trinajstić information content (AvgIpc) is 3.22. The van der Waals surface area contributed by atoms with Crippen molar-refractivity contribution in [3.8, 4) is 28.4 Å². The number of hydrogen-bond donors (Lipinski definition) is 1. The molecule has 0 aliphatic heterocycles. The molecule has 0 radical (unpaired) electrons. The van der Waals surface area contributed by atoms with Crippen LogP contribution >= 0.6 is 0 Å². The number of imidazole rings is 1. The van der Waals surface area contributed by atoms with Crippen molar-refractivity contribution in [2.75, 3.05) is 7.11 Å². The van der Waals surface area contributed by atoms with Crippen LogP contribution in [0.25, 0.3) is 22.6 Å². The largest absolute Gasteiger partial charge is 0.497 e. The Balaban J connectivity index is 1.75. The predicted octanol–water partition coefficient (Wildman–Crippen LogP) is 6.32. The van der Waals surface area contributed by atoms with Gasteiger partial charge in [-0.2, -0.15) is 0 Å². The van der Waals surface area contributed by atoms with Crippen LogP contribution in [-0.4, -0.2) is 16.7 Å². The molecule has 4 nitrogen and oxygen atoms in total. The summed E-state index contributed by atoms with van der Waals surface area (Å²) in [6.45, 7) is 4.74. The van der Waals surface area contributed by atoms with Gasteiger partial charge in [-0.15, -0.1) is 0 Å². The maximum absolute atomic E-state index is 5.48. The van der Waals surface area contributed by atoms with Gasteiger partial charge in [-0.05, 0) is 24.1 Å². The highest BCUT2D eigenvalue weighted by Crippen LogP contribution is 2.31. The van der Waals surface area contributed by atoms with Gasteiger partial charge in [-0.3, -0.25) is 0 Å². The van der Waals surface area contributed by atoms with Crippen molar-refractivity contribution in [3.63, 3.8) is 0 Å². The van der Waals surface area contributed by atoms with Gasteiger partial charge in [-0.1, -0.05) is 86.1 Å². The second kappa shape index (κ2) is 10.8. The molecule has 0 bridgehead atoms. The number of unbranched alkanes of at least 4 members (excludes halogenated alkanes) is 1. The lowest BCUT2D eigenvalue weighted by Gasteiger charge is -2.14. The molecule has 32 heavy (non-hydrogen) atoms. The van der Waals surface area contributed by atoms with Gasteiger partial charge in [0.25, 0.3) is 0 Å². The van der Waals surface area contributed by atoms with Crippen LogP contribution in [0.3, 0.4) is 0 Å². The Kier molecular flexibility index (Phi) is 7.36. The van der Waals surface area contributed by atoms with E-state index >= 15 is 0 Å². The van der Waals surface area contributed by atoms with Crippen LogP contribution in [0.2, 0.25) is 0 Å². The third-order valence-corrected chi connectivity index (χ3v) is 5.65. The minimum absolute atomic E-state index is 0.750. The Labute approximate surface area is 190 Å². The van der Waals surface area contributed by atoms with Crippen molar-refractivity contribution < 1.29 is 4.74 Å². The van der Waals surface area contributed by atoms with Gasteiger partial charge in [0.2, 0.25) is 0 Å². The lowest BCUT2D eigenvalue weighted by atomic mass is 10.1. The standard InChI is InChI=1S/C28H31N3O/c1-3-4-18-31-26(21-29-20-22-12-7-5-8-13-22)27(23-14-9-6-10-15-23)30-28(31)24-16-11-17-25(19-24)32-2/h5-17,19,29H,3-4,18,20-21H2,1-2H3. The number of ether oxygens (including phenoxy) is 1. The van der Waals surface area contributed by atoms with Crippen molar-refractivity contribution in [2.24, 2.45) is 0 Å². The summed E-state index contributed by atoms with van der Waals surface area (Å²) < 4.78 is 7.87. The molecule has 4 rings (SSSR count). The quantitative estimate of drug-likeness (QED) is 0.323. The van der Waals surface area contributed by atoms with Gasteiger partial charge >= 0.3 is 0 Å². The van der Waals surface area contributed by atoms with Crippen LogP contribution in [0.5, 0.6) is 5.75 Å². The van der Waals surface area contributed by atoms with E-state index in [1.165, 1.54) is 11.3 Å². The molecule has 0 aliphatic rings. The zero-order valence-corrected chi connectivity index (χ0v) is 18.9. The normalized spacial score (nSPS) is 10.9. The lowest BCUT2D eigenvalue weighted by molar-refractivity contribution is 0.415. The van der Waals surface area contributed by atoms with E-state index in [1.807, 2.05) is 18.2 Å². The number of nitrogens with zero attached hydrogens (tertiary/aromatic N) is 2. The van der Waals surface area contributed by atoms with Gasteiger partial charge in [0.05, 0.1) is 18.5 Å². The van der Waals surface area contributed by atoms with Gasteiger partial charge in [0.1, 0.15) is 11.6 Å². The third-order valence-electron chi connectivity index (χ3n) is 5.65. The van der Waals surface area contributed by atoms with Gasteiger partial charge in [-0.25, -0.2) is 4.98 Å². The van der Waals surface area contributed by atoms with Crippen LogP contribution in [-0.2, 0) is 19.6 Å². The Hall–Kier alpha value is -3.37. The monoisotopic (exact) mass is 425 g/mol. The number of benzene rings is 3. The molecular weight excluding hydrogens is 394 g/mol. The molecule has 3 aromatic carbocycles. The van der Waals surface area contributed by atoms with Crippen LogP contribution in [0, 0.1) is 0 Å². The summed E-state index contributed by atoms with van der Waals surface area (Å²) in [5.41, 5.74) is 5.76. The first-order chi connectivity index (χ1) is 15.8. The summed E-state index contributed by atoms with van der Waals surface area (Å²) in [6, 6.07) is 29.2. The van der Waals surface area contributed by atoms with E-state index < -0.39 is 0 Å². The van der Waals surface area contributed by atoms with Gasteiger partial charge in [0.15, 0.2) is 0 Å². The van der Waals surface area contributed by atoms with Crippen molar-refractivity contribution in [1.82, 2.24) is 14.9 Å². The molecule has 0 fully saturated rings. The Morgan fingerprint density at radius 2 is 1.56 bits per heavy atom. The van der Waals surface area contributed by atoms with Crippen LogP contribution in [0.1, 0.15) is 31.0 Å². The van der Waals surface area contributed by atoms with E-state index in [0.29, 0.717) is 0 Å². The van der Waals surface area contributed by atoms with Gasteiger partial charge in [0, 0.05) is 30.8 Å². The molecule has 0 spiro atoms. The molecule has 1 N–H and O–H groups in total. The molecule has 4 heteroatoms. The molecule has 0 saturated carbocycles. The number of rotatable bonds is 10. The van der Waals surface area contributed by atoms with Crippen LogP contribution in [0.4, 0.5) is 0 Å². The van der Waals surface area contributed by atoms with E-state index in [0.717, 1.165) is 60.9 Å². The number of nitrogens with one attached hydrogen (secondary N) is 1. The predicted molar refractivity (Wildman–Crippen MR) is 132 cm³/mol. The summed E-state index contributed by atoms with van der Waals surface area (Å²) in [6.07, 6.45) is 2.24. The number of hydrogen-bond acceptors (Lipinski definition) is 3. The number of aromatic nitrogens is 2. The highest BCUT2D eigenvalue weighted by Gasteiger charge is 2.19. The van der Waals surface area contributed by atoms with E-state index in [1.54, 1.807) is 7.11 Å². The second-order valence-corrected chi connectivity index (χ2v) is 7.92. The fourth-order valence-electron chi connectivity index (χ4n) is 3.95. The summed E-state index contributed by atoms with van der Waals surface area (Å²) >= 11 is 0. The summed E-state index contributed by atoms with van der Waals surface area (Å²) in [4.78, 5) is 5.17. The van der Waals surface area contributed by atoms with E-state index in [2.05, 4.69) is 83.5 Å². The van der Waals surface area contributed by atoms with Crippen molar-refractivity contribution >= 4 is 0 Å². The van der Waals surface area contributed by atoms with E-state index in [9.17, 15) is 0 Å². The van der Waals surface area contributed by atoms with Crippen molar-refractivity contribution in [1.29, 1.82) is 0 Å². The molecule has 0 atom stereocenters. The number of methoxy groups -OCH3 is 1. The molecule has 0 amide bonds. The smallest absolute Gasteiger partial charge is 0.141 e. The zero-order valence-electron chi connectivity index (χ0n) is 18.9. The second-order valence-electron chi connectivity index (χ2n) is 7.92. The summed E-state index contributed by atoms with van der Waals surface area (Å²) in [5.74, 6) is 1.84. The molecule has 1 aromatic heterocycles. The molecule has 0 unspecified atom stereocenters. The fraction of sp³-hybridized carbons (Fsp3) is 0.250. The molecule has 0 saturated heterocycles. The van der Waals surface area contributed by atoms with Crippen LogP contribution in [0.15, 0.2) is 84.9 Å². The van der Waals surface area contributed by atoms with Crippen LogP contribution < -0.4 is 10.1 Å². The molecule has 164 valence electrons. The average molecular weight is 426 g/mol. The topological polar surface area (TPSA) is 39.1 Å². The summed E-state index contributed by atoms with van der Waals surface area (Å²) in [7, 11) is 1.71. The first-order valence-electron chi connectivity index (χ1n) is 11.3. The van der Waals surface area contributed by atoms with Crippen molar-refractivity contribution in [3.05, 3.63) is 96.2 Å². The molecule has 0 aliphatic carbocycles. The minimum Gasteiger partial charge on any atom is -0.497 e. The maximum atomic E-state index is 5.48. The fourth-order valence-corrected chi connectivity index (χ4v) is 3.95. The first-order valence-corrected chi connectivity index (χ1v) is 11.3. The maximum Gasteiger partial charge on any atom is 0.141 e. The molecular formula is C28H31N3O. The molecule has 4 aromatic rings. The zero-order chi connectivity index (χ0) is 22.2. The highest BCUT2D eigenvalue weighted by molar-refractivity contribution is 5.69. The lowest BCUT2D eigenvalue weighted by Crippen LogP contribution is -2.17. The first kappa shape index (κ1) is 21.8.